The summed E-state index contributed by atoms with van der Waals surface area (Å²) < 4.78 is 40.5. The molecule has 0 radical (unpaired) electrons. The van der Waals surface area contributed by atoms with Crippen LogP contribution in [0.4, 0.5) is 13.2 Å². The van der Waals surface area contributed by atoms with E-state index in [0.717, 1.165) is 0 Å². The fourth-order valence-corrected chi connectivity index (χ4v) is 1.49. The third-order valence-corrected chi connectivity index (χ3v) is 2.46. The van der Waals surface area contributed by atoms with Crippen molar-refractivity contribution < 1.29 is 43.1 Å². The summed E-state index contributed by atoms with van der Waals surface area (Å²) in [5.74, 6) is -2.39. The van der Waals surface area contributed by atoms with Gasteiger partial charge in [-0.15, -0.1) is 0 Å². The highest BCUT2D eigenvalue weighted by Gasteiger charge is 2.48. The fourth-order valence-electron chi connectivity index (χ4n) is 1.49. The minimum atomic E-state index is -5.20. The SMILES string of the molecule is O=C(N[C@@H]1C(O)OC(CO)C(O)[C@@H]1O)C(F)(F)F. The van der Waals surface area contributed by atoms with Crippen LogP contribution in [0.25, 0.3) is 0 Å². The van der Waals surface area contributed by atoms with Gasteiger partial charge in [0.05, 0.1) is 6.61 Å². The molecule has 1 fully saturated rings. The molecule has 5 N–H and O–H groups in total. The molecule has 0 aromatic carbocycles. The number of carbonyl (C=O) groups is 1. The number of aliphatic hydroxyl groups is 4. The van der Waals surface area contributed by atoms with Gasteiger partial charge in [0.1, 0.15) is 24.4 Å². The summed E-state index contributed by atoms with van der Waals surface area (Å²) in [6, 6.07) is -1.85. The van der Waals surface area contributed by atoms with Crippen LogP contribution in [0.5, 0.6) is 0 Å². The molecule has 18 heavy (non-hydrogen) atoms. The van der Waals surface area contributed by atoms with Crippen molar-refractivity contribution in [3.05, 3.63) is 0 Å². The highest BCUT2D eigenvalue weighted by molar-refractivity contribution is 5.82. The lowest BCUT2D eigenvalue weighted by Crippen LogP contribution is -2.65. The monoisotopic (exact) mass is 275 g/mol. The summed E-state index contributed by atoms with van der Waals surface area (Å²) in [6.45, 7) is -0.755. The van der Waals surface area contributed by atoms with E-state index >= 15 is 0 Å². The minimum Gasteiger partial charge on any atom is -0.394 e. The van der Waals surface area contributed by atoms with E-state index in [9.17, 15) is 33.3 Å². The average Bonchev–Trinajstić information content (AvgIpc) is 2.27. The van der Waals surface area contributed by atoms with Crippen LogP contribution in [0.2, 0.25) is 0 Å². The second-order valence-electron chi connectivity index (χ2n) is 3.73. The molecule has 1 saturated heterocycles. The standard InChI is InChI=1S/C8H12F3NO6/c9-8(10,11)7(17)12-3-5(15)4(14)2(1-13)18-6(3)16/h2-6,13-16H,1H2,(H,12,17)/t2?,3-,4?,5+,6?/m0/s1. The Morgan fingerprint density at radius 3 is 2.22 bits per heavy atom. The topological polar surface area (TPSA) is 119 Å². The largest absolute Gasteiger partial charge is 0.471 e. The summed E-state index contributed by atoms with van der Waals surface area (Å²) in [4.78, 5) is 10.6. The Morgan fingerprint density at radius 1 is 1.22 bits per heavy atom. The van der Waals surface area contributed by atoms with Crippen LogP contribution >= 0.6 is 0 Å². The molecule has 7 nitrogen and oxygen atoms in total. The van der Waals surface area contributed by atoms with Crippen molar-refractivity contribution in [2.45, 2.75) is 36.8 Å². The maximum atomic E-state index is 12.0. The van der Waals surface area contributed by atoms with Crippen LogP contribution in [0, 0.1) is 0 Å². The van der Waals surface area contributed by atoms with E-state index in [1.54, 1.807) is 0 Å². The molecule has 1 heterocycles. The maximum absolute atomic E-state index is 12.0. The molecular formula is C8H12F3NO6. The molecule has 0 aromatic heterocycles. The van der Waals surface area contributed by atoms with Gasteiger partial charge in [0.15, 0.2) is 6.29 Å². The number of hydrogen-bond donors (Lipinski definition) is 5. The third kappa shape index (κ3) is 3.09. The number of nitrogens with one attached hydrogen (secondary N) is 1. The molecule has 0 spiro atoms. The van der Waals surface area contributed by atoms with Gasteiger partial charge in [0.25, 0.3) is 0 Å². The van der Waals surface area contributed by atoms with Crippen molar-refractivity contribution in [1.82, 2.24) is 5.32 Å². The molecule has 10 heteroatoms. The van der Waals surface area contributed by atoms with Crippen LogP contribution in [0.15, 0.2) is 0 Å². The number of hydrogen-bond acceptors (Lipinski definition) is 6. The highest BCUT2D eigenvalue weighted by atomic mass is 19.4. The Labute approximate surface area is 98.8 Å². The number of amides is 1. The van der Waals surface area contributed by atoms with Gasteiger partial charge >= 0.3 is 12.1 Å². The molecule has 1 aliphatic rings. The van der Waals surface area contributed by atoms with Gasteiger partial charge in [-0.2, -0.15) is 13.2 Å². The van der Waals surface area contributed by atoms with Crippen molar-refractivity contribution in [3.8, 4) is 0 Å². The molecule has 1 aliphatic heterocycles. The highest BCUT2D eigenvalue weighted by Crippen LogP contribution is 2.21. The normalized spacial score (nSPS) is 37.4. The van der Waals surface area contributed by atoms with Gasteiger partial charge in [0.2, 0.25) is 0 Å². The first kappa shape index (κ1) is 15.1. The number of ether oxygens (including phenoxy) is 1. The maximum Gasteiger partial charge on any atom is 0.471 e. The second kappa shape index (κ2) is 5.36. The summed E-state index contributed by atoms with van der Waals surface area (Å²) in [5, 5.41) is 38.1. The lowest BCUT2D eigenvalue weighted by atomic mass is 9.97. The summed E-state index contributed by atoms with van der Waals surface area (Å²) in [5.41, 5.74) is 0. The van der Waals surface area contributed by atoms with E-state index in [0.29, 0.717) is 0 Å². The molecule has 5 atom stereocenters. The quantitative estimate of drug-likeness (QED) is 0.379. The zero-order valence-electron chi connectivity index (χ0n) is 8.83. The van der Waals surface area contributed by atoms with E-state index in [-0.39, 0.29) is 0 Å². The first-order valence-corrected chi connectivity index (χ1v) is 4.86. The Hall–Kier alpha value is -0.940. The Morgan fingerprint density at radius 2 is 1.78 bits per heavy atom. The number of carbonyl (C=O) groups excluding carboxylic acids is 1. The van der Waals surface area contributed by atoms with Crippen LogP contribution in [0.3, 0.4) is 0 Å². The average molecular weight is 275 g/mol. The summed E-state index contributed by atoms with van der Waals surface area (Å²) in [6.07, 6.45) is -12.2. The molecule has 3 unspecified atom stereocenters. The smallest absolute Gasteiger partial charge is 0.394 e. The third-order valence-electron chi connectivity index (χ3n) is 2.46. The molecule has 0 saturated carbocycles. The number of aliphatic hydroxyl groups excluding tert-OH is 4. The molecule has 0 aromatic rings. The zero-order valence-corrected chi connectivity index (χ0v) is 8.83. The predicted octanol–water partition coefficient (Wildman–Crippen LogP) is -2.54. The zero-order chi connectivity index (χ0) is 14.1. The van der Waals surface area contributed by atoms with Gasteiger partial charge in [0, 0.05) is 0 Å². The fraction of sp³-hybridized carbons (Fsp3) is 0.875. The Balaban J connectivity index is 2.74. The van der Waals surface area contributed by atoms with Crippen LogP contribution < -0.4 is 5.32 Å². The minimum absolute atomic E-state index is 0.755. The van der Waals surface area contributed by atoms with Crippen molar-refractivity contribution in [1.29, 1.82) is 0 Å². The van der Waals surface area contributed by atoms with Crippen LogP contribution in [-0.4, -0.2) is 69.8 Å². The molecular weight excluding hydrogens is 263 g/mol. The van der Waals surface area contributed by atoms with E-state index < -0.39 is 49.3 Å². The van der Waals surface area contributed by atoms with E-state index in [1.165, 1.54) is 5.32 Å². The molecule has 0 bridgehead atoms. The van der Waals surface area contributed by atoms with Crippen molar-refractivity contribution >= 4 is 5.91 Å². The van der Waals surface area contributed by atoms with Crippen LogP contribution in [0.1, 0.15) is 0 Å². The Bertz CT molecular complexity index is 312. The lowest BCUT2D eigenvalue weighted by Gasteiger charge is -2.40. The van der Waals surface area contributed by atoms with E-state index in [4.69, 9.17) is 5.11 Å². The van der Waals surface area contributed by atoms with Gasteiger partial charge in [-0.25, -0.2) is 0 Å². The first-order valence-electron chi connectivity index (χ1n) is 4.86. The molecule has 106 valence electrons. The van der Waals surface area contributed by atoms with Crippen molar-refractivity contribution in [2.75, 3.05) is 6.61 Å². The number of alkyl halides is 3. The number of halogens is 3. The lowest BCUT2D eigenvalue weighted by molar-refractivity contribution is -0.256. The van der Waals surface area contributed by atoms with Crippen molar-refractivity contribution in [3.63, 3.8) is 0 Å². The summed E-state index contributed by atoms with van der Waals surface area (Å²) >= 11 is 0. The Kier molecular flexibility index (Phi) is 4.50. The van der Waals surface area contributed by atoms with Gasteiger partial charge in [-0.3, -0.25) is 4.79 Å². The molecule has 0 aliphatic carbocycles. The van der Waals surface area contributed by atoms with Crippen molar-refractivity contribution in [2.24, 2.45) is 0 Å². The molecule has 1 amide bonds. The van der Waals surface area contributed by atoms with E-state index in [2.05, 4.69) is 4.74 Å². The second-order valence-corrected chi connectivity index (χ2v) is 3.73. The van der Waals surface area contributed by atoms with Crippen LogP contribution in [-0.2, 0) is 9.53 Å². The van der Waals surface area contributed by atoms with Gasteiger partial charge in [-0.1, -0.05) is 0 Å². The van der Waals surface area contributed by atoms with Gasteiger partial charge < -0.3 is 30.5 Å². The number of rotatable bonds is 2. The van der Waals surface area contributed by atoms with Gasteiger partial charge in [-0.05, 0) is 0 Å². The first-order chi connectivity index (χ1) is 8.18. The predicted molar refractivity (Wildman–Crippen MR) is 48.0 cm³/mol. The van der Waals surface area contributed by atoms with E-state index in [1.807, 2.05) is 0 Å². The summed E-state index contributed by atoms with van der Waals surface area (Å²) in [7, 11) is 0. The molecule has 1 rings (SSSR count).